The molecule has 1 saturated carbocycles. The highest BCUT2D eigenvalue weighted by atomic mass is 32.2. The maximum absolute atomic E-state index is 4.41. The summed E-state index contributed by atoms with van der Waals surface area (Å²) in [7, 11) is 0. The lowest BCUT2D eigenvalue weighted by molar-refractivity contribution is 0.749. The average molecular weight is 294 g/mol. The molecule has 1 aliphatic carbocycles. The quantitative estimate of drug-likeness (QED) is 0.803. The predicted octanol–water partition coefficient (Wildman–Crippen LogP) is 3.69. The molecule has 0 saturated heterocycles. The van der Waals surface area contributed by atoms with Crippen molar-refractivity contribution in [2.45, 2.75) is 57.7 Å². The zero-order chi connectivity index (χ0) is 14.4. The van der Waals surface area contributed by atoms with Crippen molar-refractivity contribution in [2.75, 3.05) is 22.9 Å². The fourth-order valence-electron chi connectivity index (χ4n) is 2.67. The van der Waals surface area contributed by atoms with Gasteiger partial charge in [-0.3, -0.25) is 0 Å². The molecule has 4 nitrogen and oxygen atoms in total. The molecule has 2 rings (SSSR count). The lowest BCUT2D eigenvalue weighted by atomic mass is 10.2. The van der Waals surface area contributed by atoms with Crippen molar-refractivity contribution in [3.05, 3.63) is 11.9 Å². The molecule has 0 radical (unpaired) electrons. The van der Waals surface area contributed by atoms with Gasteiger partial charge in [0.1, 0.15) is 18.0 Å². The summed E-state index contributed by atoms with van der Waals surface area (Å²) >= 11 is 2.09. The monoisotopic (exact) mass is 294 g/mol. The van der Waals surface area contributed by atoms with Gasteiger partial charge in [-0.2, -0.15) is 11.8 Å². The Balaban J connectivity index is 1.96. The second kappa shape index (κ2) is 7.72. The number of nitrogens with zero attached hydrogens (tertiary/aromatic N) is 2. The third-order valence-corrected chi connectivity index (χ3v) is 4.99. The van der Waals surface area contributed by atoms with E-state index in [1.54, 1.807) is 6.33 Å². The van der Waals surface area contributed by atoms with E-state index < -0.39 is 0 Å². The molecule has 0 spiro atoms. The molecule has 0 bridgehead atoms. The Bertz CT molecular complexity index is 424. The standard InChI is InChI=1S/C15H26N4S/c1-4-8-16-14-11(3)15(18-10-17-14)19-12-6-7-13(9-12)20-5-2/h10,12-13H,4-9H2,1-3H3,(H2,16,17,18,19). The summed E-state index contributed by atoms with van der Waals surface area (Å²) in [5, 5.41) is 7.79. The summed E-state index contributed by atoms with van der Waals surface area (Å²) in [4.78, 5) is 8.74. The minimum Gasteiger partial charge on any atom is -0.370 e. The van der Waals surface area contributed by atoms with Gasteiger partial charge in [-0.25, -0.2) is 9.97 Å². The number of aromatic nitrogens is 2. The molecular formula is C15H26N4S. The lowest BCUT2D eigenvalue weighted by Gasteiger charge is -2.17. The van der Waals surface area contributed by atoms with E-state index in [4.69, 9.17) is 0 Å². The van der Waals surface area contributed by atoms with Crippen molar-refractivity contribution in [1.82, 2.24) is 9.97 Å². The Morgan fingerprint density at radius 1 is 1.25 bits per heavy atom. The Morgan fingerprint density at radius 2 is 2.05 bits per heavy atom. The summed E-state index contributed by atoms with van der Waals surface area (Å²) in [5.41, 5.74) is 1.13. The van der Waals surface area contributed by atoms with E-state index in [-0.39, 0.29) is 0 Å². The topological polar surface area (TPSA) is 49.8 Å². The van der Waals surface area contributed by atoms with Crippen LogP contribution in [0.5, 0.6) is 0 Å². The number of rotatable bonds is 7. The molecule has 5 heteroatoms. The smallest absolute Gasteiger partial charge is 0.134 e. The van der Waals surface area contributed by atoms with Crippen LogP contribution in [0.25, 0.3) is 0 Å². The summed E-state index contributed by atoms with van der Waals surface area (Å²) < 4.78 is 0. The van der Waals surface area contributed by atoms with Gasteiger partial charge < -0.3 is 10.6 Å². The number of hydrogen-bond acceptors (Lipinski definition) is 5. The second-order valence-electron chi connectivity index (χ2n) is 5.35. The van der Waals surface area contributed by atoms with Gasteiger partial charge in [-0.1, -0.05) is 13.8 Å². The molecule has 0 amide bonds. The van der Waals surface area contributed by atoms with Crippen LogP contribution in [-0.2, 0) is 0 Å². The van der Waals surface area contributed by atoms with Crippen LogP contribution < -0.4 is 10.6 Å². The first-order valence-corrected chi connectivity index (χ1v) is 8.73. The van der Waals surface area contributed by atoms with E-state index in [1.807, 2.05) is 0 Å². The van der Waals surface area contributed by atoms with Crippen LogP contribution in [0.2, 0.25) is 0 Å². The third kappa shape index (κ3) is 4.01. The van der Waals surface area contributed by atoms with Crippen LogP contribution in [0.15, 0.2) is 6.33 Å². The van der Waals surface area contributed by atoms with Crippen LogP contribution in [0.1, 0.15) is 45.1 Å². The molecular weight excluding hydrogens is 268 g/mol. The van der Waals surface area contributed by atoms with Gasteiger partial charge in [0.15, 0.2) is 0 Å². The number of anilines is 2. The summed E-state index contributed by atoms with van der Waals surface area (Å²) in [6, 6.07) is 0.562. The van der Waals surface area contributed by atoms with Crippen LogP contribution in [0.4, 0.5) is 11.6 Å². The predicted molar refractivity (Wildman–Crippen MR) is 88.7 cm³/mol. The summed E-state index contributed by atoms with van der Waals surface area (Å²) in [6.07, 6.45) is 6.57. The molecule has 112 valence electrons. The molecule has 1 aromatic rings. The molecule has 2 unspecified atom stereocenters. The highest BCUT2D eigenvalue weighted by Crippen LogP contribution is 2.32. The van der Waals surface area contributed by atoms with Gasteiger partial charge in [0.05, 0.1) is 0 Å². The van der Waals surface area contributed by atoms with Gasteiger partial charge in [-0.15, -0.1) is 0 Å². The highest BCUT2D eigenvalue weighted by Gasteiger charge is 2.25. The minimum absolute atomic E-state index is 0.562. The average Bonchev–Trinajstić information content (AvgIpc) is 2.88. The zero-order valence-corrected chi connectivity index (χ0v) is 13.6. The van der Waals surface area contributed by atoms with Crippen molar-refractivity contribution in [3.63, 3.8) is 0 Å². The zero-order valence-electron chi connectivity index (χ0n) is 12.8. The van der Waals surface area contributed by atoms with Crippen LogP contribution >= 0.6 is 11.8 Å². The Kier molecular flexibility index (Phi) is 5.95. The number of thioether (sulfide) groups is 1. The van der Waals surface area contributed by atoms with Gasteiger partial charge in [0.2, 0.25) is 0 Å². The maximum atomic E-state index is 4.41. The van der Waals surface area contributed by atoms with Crippen molar-refractivity contribution < 1.29 is 0 Å². The largest absolute Gasteiger partial charge is 0.370 e. The molecule has 1 aromatic heterocycles. The van der Waals surface area contributed by atoms with E-state index in [0.717, 1.165) is 35.4 Å². The first-order chi connectivity index (χ1) is 9.74. The number of hydrogen-bond donors (Lipinski definition) is 2. The van der Waals surface area contributed by atoms with Crippen molar-refractivity contribution in [2.24, 2.45) is 0 Å². The van der Waals surface area contributed by atoms with Crippen LogP contribution in [0, 0.1) is 6.92 Å². The first kappa shape index (κ1) is 15.4. The maximum Gasteiger partial charge on any atom is 0.134 e. The van der Waals surface area contributed by atoms with Crippen LogP contribution in [0.3, 0.4) is 0 Å². The molecule has 1 aliphatic rings. The molecule has 2 atom stereocenters. The van der Waals surface area contributed by atoms with E-state index in [2.05, 4.69) is 53.1 Å². The van der Waals surface area contributed by atoms with E-state index in [0.29, 0.717) is 6.04 Å². The minimum atomic E-state index is 0.562. The fraction of sp³-hybridized carbons (Fsp3) is 0.733. The lowest BCUT2D eigenvalue weighted by Crippen LogP contribution is -2.18. The Labute approximate surface area is 126 Å². The van der Waals surface area contributed by atoms with E-state index in [1.165, 1.54) is 25.0 Å². The van der Waals surface area contributed by atoms with E-state index in [9.17, 15) is 0 Å². The molecule has 0 aromatic carbocycles. The fourth-order valence-corrected chi connectivity index (χ4v) is 3.81. The molecule has 1 fully saturated rings. The van der Waals surface area contributed by atoms with Crippen molar-refractivity contribution >= 4 is 23.4 Å². The SMILES string of the molecule is CCCNc1ncnc(NC2CCC(SCC)C2)c1C. The first-order valence-electron chi connectivity index (χ1n) is 7.68. The molecule has 0 aliphatic heterocycles. The Morgan fingerprint density at radius 3 is 2.80 bits per heavy atom. The highest BCUT2D eigenvalue weighted by molar-refractivity contribution is 7.99. The molecule has 20 heavy (non-hydrogen) atoms. The van der Waals surface area contributed by atoms with Gasteiger partial charge in [0.25, 0.3) is 0 Å². The molecule has 2 N–H and O–H groups in total. The van der Waals surface area contributed by atoms with Crippen molar-refractivity contribution in [3.8, 4) is 0 Å². The second-order valence-corrected chi connectivity index (χ2v) is 6.93. The van der Waals surface area contributed by atoms with Gasteiger partial charge in [0, 0.05) is 23.4 Å². The van der Waals surface area contributed by atoms with Crippen LogP contribution in [-0.4, -0.2) is 33.6 Å². The van der Waals surface area contributed by atoms with Gasteiger partial charge in [-0.05, 0) is 38.4 Å². The van der Waals surface area contributed by atoms with Crippen molar-refractivity contribution in [1.29, 1.82) is 0 Å². The Hall–Kier alpha value is -0.970. The van der Waals surface area contributed by atoms with Gasteiger partial charge >= 0.3 is 0 Å². The normalized spacial score (nSPS) is 21.9. The summed E-state index contributed by atoms with van der Waals surface area (Å²) in [5.74, 6) is 3.17. The molecule has 1 heterocycles. The number of nitrogens with one attached hydrogen (secondary N) is 2. The van der Waals surface area contributed by atoms with E-state index >= 15 is 0 Å². The summed E-state index contributed by atoms with van der Waals surface area (Å²) in [6.45, 7) is 7.45. The third-order valence-electron chi connectivity index (χ3n) is 3.75.